The van der Waals surface area contributed by atoms with Crippen molar-refractivity contribution in [1.82, 2.24) is 0 Å². The van der Waals surface area contributed by atoms with Crippen molar-refractivity contribution < 1.29 is 19.8 Å². The number of hydrogen-bond donors (Lipinski definition) is 2. The number of carbonyl (C=O) groups is 2. The van der Waals surface area contributed by atoms with Crippen molar-refractivity contribution in [1.29, 1.82) is 0 Å². The zero-order chi connectivity index (χ0) is 16.8. The molecule has 22 heavy (non-hydrogen) atoms. The molecule has 0 spiro atoms. The third-order valence-electron chi connectivity index (χ3n) is 4.36. The van der Waals surface area contributed by atoms with E-state index in [9.17, 15) is 14.7 Å². The molecule has 0 fully saturated rings. The maximum Gasteiger partial charge on any atom is 0.306 e. The highest BCUT2D eigenvalue weighted by molar-refractivity contribution is 5.70. The molecule has 0 saturated carbocycles. The SMILES string of the molecule is CCCCCCCC(CCC(=O)O)CC(CCCC)C(=O)O. The summed E-state index contributed by atoms with van der Waals surface area (Å²) in [6.45, 7) is 4.25. The van der Waals surface area contributed by atoms with Gasteiger partial charge in [-0.2, -0.15) is 0 Å². The molecule has 0 rings (SSSR count). The van der Waals surface area contributed by atoms with E-state index in [0.717, 1.165) is 25.7 Å². The van der Waals surface area contributed by atoms with Gasteiger partial charge in [-0.25, -0.2) is 0 Å². The number of hydrogen-bond acceptors (Lipinski definition) is 2. The first-order chi connectivity index (χ1) is 10.5. The third-order valence-corrected chi connectivity index (χ3v) is 4.36. The monoisotopic (exact) mass is 314 g/mol. The smallest absolute Gasteiger partial charge is 0.306 e. The van der Waals surface area contributed by atoms with Crippen LogP contribution in [0.15, 0.2) is 0 Å². The standard InChI is InChI=1S/C18H34O4/c1-3-5-7-8-9-10-15(12-13-17(19)20)14-16(18(21)22)11-6-4-2/h15-16H,3-14H2,1-2H3,(H,19,20)(H,21,22). The van der Waals surface area contributed by atoms with Gasteiger partial charge in [0.1, 0.15) is 0 Å². The summed E-state index contributed by atoms with van der Waals surface area (Å²) in [6.07, 6.45) is 10.9. The largest absolute Gasteiger partial charge is 0.481 e. The van der Waals surface area contributed by atoms with Crippen LogP contribution in [0.25, 0.3) is 0 Å². The summed E-state index contributed by atoms with van der Waals surface area (Å²) >= 11 is 0. The van der Waals surface area contributed by atoms with Crippen LogP contribution >= 0.6 is 0 Å². The molecule has 0 aliphatic carbocycles. The second kappa shape index (κ2) is 13.6. The predicted molar refractivity (Wildman–Crippen MR) is 89.0 cm³/mol. The number of unbranched alkanes of at least 4 members (excludes halogenated alkanes) is 5. The van der Waals surface area contributed by atoms with E-state index in [1.165, 1.54) is 25.7 Å². The molecule has 0 aromatic heterocycles. The van der Waals surface area contributed by atoms with Crippen LogP contribution in [0.4, 0.5) is 0 Å². The van der Waals surface area contributed by atoms with Crippen LogP contribution in [0.2, 0.25) is 0 Å². The summed E-state index contributed by atoms with van der Waals surface area (Å²) in [6, 6.07) is 0. The summed E-state index contributed by atoms with van der Waals surface area (Å²) < 4.78 is 0. The van der Waals surface area contributed by atoms with E-state index >= 15 is 0 Å². The van der Waals surface area contributed by atoms with E-state index in [4.69, 9.17) is 5.11 Å². The van der Waals surface area contributed by atoms with E-state index in [0.29, 0.717) is 19.3 Å². The van der Waals surface area contributed by atoms with Crippen molar-refractivity contribution in [3.8, 4) is 0 Å². The minimum atomic E-state index is -0.781. The Kier molecular flexibility index (Phi) is 12.9. The van der Waals surface area contributed by atoms with Gasteiger partial charge in [0.25, 0.3) is 0 Å². The highest BCUT2D eigenvalue weighted by Crippen LogP contribution is 2.27. The van der Waals surface area contributed by atoms with Gasteiger partial charge in [0.15, 0.2) is 0 Å². The van der Waals surface area contributed by atoms with Crippen molar-refractivity contribution in [2.24, 2.45) is 11.8 Å². The van der Waals surface area contributed by atoms with Crippen LogP contribution in [-0.2, 0) is 9.59 Å². The summed E-state index contributed by atoms with van der Waals surface area (Å²) in [5.41, 5.74) is 0. The molecular formula is C18H34O4. The zero-order valence-electron chi connectivity index (χ0n) is 14.4. The summed E-state index contributed by atoms with van der Waals surface area (Å²) in [5.74, 6) is -1.58. The maximum absolute atomic E-state index is 11.4. The fourth-order valence-electron chi connectivity index (χ4n) is 2.94. The Bertz CT molecular complexity index is 301. The van der Waals surface area contributed by atoms with Gasteiger partial charge in [-0.15, -0.1) is 0 Å². The first kappa shape index (κ1) is 20.9. The van der Waals surface area contributed by atoms with E-state index in [1.807, 2.05) is 0 Å². The second-order valence-electron chi connectivity index (χ2n) is 6.41. The Hall–Kier alpha value is -1.06. The van der Waals surface area contributed by atoms with Crippen LogP contribution in [0.1, 0.15) is 90.9 Å². The van der Waals surface area contributed by atoms with Crippen molar-refractivity contribution >= 4 is 11.9 Å². The van der Waals surface area contributed by atoms with E-state index in [2.05, 4.69) is 13.8 Å². The Morgan fingerprint density at radius 2 is 1.45 bits per heavy atom. The van der Waals surface area contributed by atoms with Crippen molar-refractivity contribution in [2.75, 3.05) is 0 Å². The molecule has 0 heterocycles. The highest BCUT2D eigenvalue weighted by atomic mass is 16.4. The number of aliphatic carboxylic acids is 2. The van der Waals surface area contributed by atoms with Crippen LogP contribution in [0, 0.1) is 11.8 Å². The van der Waals surface area contributed by atoms with E-state index < -0.39 is 11.9 Å². The molecular weight excluding hydrogens is 280 g/mol. The molecule has 4 nitrogen and oxygen atoms in total. The number of carboxylic acid groups (broad SMARTS) is 2. The van der Waals surface area contributed by atoms with Crippen molar-refractivity contribution in [3.05, 3.63) is 0 Å². The summed E-state index contributed by atoms with van der Waals surface area (Å²) in [4.78, 5) is 22.2. The van der Waals surface area contributed by atoms with Gasteiger partial charge in [-0.1, -0.05) is 65.2 Å². The average molecular weight is 314 g/mol. The molecule has 0 saturated heterocycles. The molecule has 0 amide bonds. The molecule has 130 valence electrons. The first-order valence-corrected chi connectivity index (χ1v) is 8.95. The van der Waals surface area contributed by atoms with Crippen molar-refractivity contribution in [3.63, 3.8) is 0 Å². The zero-order valence-corrected chi connectivity index (χ0v) is 14.4. The van der Waals surface area contributed by atoms with Crippen LogP contribution in [0.3, 0.4) is 0 Å². The van der Waals surface area contributed by atoms with Gasteiger partial charge in [0, 0.05) is 6.42 Å². The minimum Gasteiger partial charge on any atom is -0.481 e. The maximum atomic E-state index is 11.4. The normalized spacial score (nSPS) is 13.7. The van der Waals surface area contributed by atoms with Gasteiger partial charge in [0.2, 0.25) is 0 Å². The predicted octanol–water partition coefficient (Wildman–Crippen LogP) is 5.11. The minimum absolute atomic E-state index is 0.153. The molecule has 0 aliphatic rings. The van der Waals surface area contributed by atoms with Gasteiger partial charge < -0.3 is 10.2 Å². The quantitative estimate of drug-likeness (QED) is 0.412. The fourth-order valence-corrected chi connectivity index (χ4v) is 2.94. The fraction of sp³-hybridized carbons (Fsp3) is 0.889. The molecule has 2 atom stereocenters. The molecule has 2 N–H and O–H groups in total. The van der Waals surface area contributed by atoms with E-state index in [-0.39, 0.29) is 18.3 Å². The Labute approximate surface area is 135 Å². The number of carboxylic acids is 2. The molecule has 4 heteroatoms. The lowest BCUT2D eigenvalue weighted by molar-refractivity contribution is -0.142. The second-order valence-corrected chi connectivity index (χ2v) is 6.41. The van der Waals surface area contributed by atoms with Crippen molar-refractivity contribution in [2.45, 2.75) is 90.9 Å². The molecule has 2 unspecified atom stereocenters. The molecule has 0 aliphatic heterocycles. The van der Waals surface area contributed by atoms with Gasteiger partial charge >= 0.3 is 11.9 Å². The van der Waals surface area contributed by atoms with Gasteiger partial charge in [0.05, 0.1) is 5.92 Å². The summed E-state index contributed by atoms with van der Waals surface area (Å²) in [5, 5.41) is 18.2. The van der Waals surface area contributed by atoms with Gasteiger partial charge in [-0.3, -0.25) is 9.59 Å². The van der Waals surface area contributed by atoms with Crippen LogP contribution in [0.5, 0.6) is 0 Å². The topological polar surface area (TPSA) is 74.6 Å². The Morgan fingerprint density at radius 1 is 0.818 bits per heavy atom. The lowest BCUT2D eigenvalue weighted by atomic mass is 9.85. The van der Waals surface area contributed by atoms with E-state index in [1.54, 1.807) is 0 Å². The number of rotatable bonds is 15. The third kappa shape index (κ3) is 11.6. The highest BCUT2D eigenvalue weighted by Gasteiger charge is 2.22. The Balaban J connectivity index is 4.34. The lowest BCUT2D eigenvalue weighted by Crippen LogP contribution is -2.19. The molecule has 0 bridgehead atoms. The Morgan fingerprint density at radius 3 is 2.00 bits per heavy atom. The average Bonchev–Trinajstić information content (AvgIpc) is 2.47. The summed E-state index contributed by atoms with van der Waals surface area (Å²) in [7, 11) is 0. The van der Waals surface area contributed by atoms with Crippen LogP contribution < -0.4 is 0 Å². The van der Waals surface area contributed by atoms with Gasteiger partial charge in [-0.05, 0) is 25.2 Å². The molecule has 0 aromatic carbocycles. The molecule has 0 radical (unpaired) electrons. The molecule has 0 aromatic rings. The van der Waals surface area contributed by atoms with Crippen LogP contribution in [-0.4, -0.2) is 22.2 Å². The first-order valence-electron chi connectivity index (χ1n) is 8.95. The lowest BCUT2D eigenvalue weighted by Gasteiger charge is -2.20.